The summed E-state index contributed by atoms with van der Waals surface area (Å²) in [6.45, 7) is 1.84. The van der Waals surface area contributed by atoms with Gasteiger partial charge in [0, 0.05) is 0 Å². The minimum atomic E-state index is -0.472. The normalized spacial score (nSPS) is 23.9. The van der Waals surface area contributed by atoms with Crippen LogP contribution in [-0.4, -0.2) is 24.6 Å². The highest BCUT2D eigenvalue weighted by Gasteiger charge is 2.36. The summed E-state index contributed by atoms with van der Waals surface area (Å²) in [5.41, 5.74) is 0.481. The zero-order valence-electron chi connectivity index (χ0n) is 8.88. The van der Waals surface area contributed by atoms with Crippen LogP contribution in [0.1, 0.15) is 17.3 Å². The molecule has 1 aromatic rings. The van der Waals surface area contributed by atoms with Gasteiger partial charge in [-0.15, -0.1) is 0 Å². The Kier molecular flexibility index (Phi) is 2.90. The van der Waals surface area contributed by atoms with Gasteiger partial charge in [0.05, 0.1) is 11.5 Å². The molecule has 0 saturated carbocycles. The van der Waals surface area contributed by atoms with Gasteiger partial charge in [-0.05, 0) is 19.1 Å². The Morgan fingerprint density at radius 1 is 1.38 bits per heavy atom. The smallest absolute Gasteiger partial charge is 0.338 e. The first-order chi connectivity index (χ1) is 7.68. The van der Waals surface area contributed by atoms with E-state index < -0.39 is 12.1 Å². The van der Waals surface area contributed by atoms with E-state index in [-0.39, 0.29) is 18.5 Å². The zero-order valence-corrected chi connectivity index (χ0v) is 8.88. The summed E-state index contributed by atoms with van der Waals surface area (Å²) in [4.78, 5) is 22.8. The van der Waals surface area contributed by atoms with E-state index >= 15 is 0 Å². The highest BCUT2D eigenvalue weighted by Crippen LogP contribution is 2.19. The Hall–Kier alpha value is -1.84. The SMILES string of the molecule is C[C@H]1C(=O)OC[C@H]1OC(=O)c1ccccc1. The van der Waals surface area contributed by atoms with Gasteiger partial charge in [-0.3, -0.25) is 4.79 Å². The molecule has 0 aromatic heterocycles. The highest BCUT2D eigenvalue weighted by atomic mass is 16.6. The van der Waals surface area contributed by atoms with E-state index in [1.807, 2.05) is 6.07 Å². The van der Waals surface area contributed by atoms with Crippen LogP contribution in [0.2, 0.25) is 0 Å². The van der Waals surface area contributed by atoms with Gasteiger partial charge in [0.2, 0.25) is 0 Å². The van der Waals surface area contributed by atoms with Crippen molar-refractivity contribution in [1.29, 1.82) is 0 Å². The molecule has 0 unspecified atom stereocenters. The van der Waals surface area contributed by atoms with Crippen molar-refractivity contribution < 1.29 is 19.1 Å². The van der Waals surface area contributed by atoms with Crippen LogP contribution in [-0.2, 0) is 14.3 Å². The lowest BCUT2D eigenvalue weighted by Gasteiger charge is -2.12. The molecule has 0 radical (unpaired) electrons. The molecule has 1 fully saturated rings. The maximum absolute atomic E-state index is 11.7. The van der Waals surface area contributed by atoms with Gasteiger partial charge in [-0.2, -0.15) is 0 Å². The van der Waals surface area contributed by atoms with E-state index in [1.54, 1.807) is 31.2 Å². The van der Waals surface area contributed by atoms with Crippen molar-refractivity contribution in [2.24, 2.45) is 5.92 Å². The number of hydrogen-bond acceptors (Lipinski definition) is 4. The van der Waals surface area contributed by atoms with Crippen LogP contribution in [0.25, 0.3) is 0 Å². The van der Waals surface area contributed by atoms with Gasteiger partial charge < -0.3 is 9.47 Å². The Morgan fingerprint density at radius 2 is 2.06 bits per heavy atom. The zero-order chi connectivity index (χ0) is 11.5. The van der Waals surface area contributed by atoms with Crippen LogP contribution in [0, 0.1) is 5.92 Å². The summed E-state index contributed by atoms with van der Waals surface area (Å²) < 4.78 is 9.99. The van der Waals surface area contributed by atoms with Crippen molar-refractivity contribution in [2.45, 2.75) is 13.0 Å². The molecular weight excluding hydrogens is 208 g/mol. The van der Waals surface area contributed by atoms with Gasteiger partial charge in [0.15, 0.2) is 0 Å². The lowest BCUT2D eigenvalue weighted by Crippen LogP contribution is -2.25. The molecule has 4 nitrogen and oxygen atoms in total. The van der Waals surface area contributed by atoms with Crippen LogP contribution < -0.4 is 0 Å². The van der Waals surface area contributed by atoms with Gasteiger partial charge in [-0.25, -0.2) is 4.79 Å². The summed E-state index contributed by atoms with van der Waals surface area (Å²) in [6.07, 6.45) is -0.472. The second-order valence-electron chi connectivity index (χ2n) is 3.73. The third-order valence-electron chi connectivity index (χ3n) is 2.59. The Labute approximate surface area is 93.2 Å². The van der Waals surface area contributed by atoms with E-state index in [9.17, 15) is 9.59 Å². The Bertz CT molecular complexity index is 399. The molecule has 1 saturated heterocycles. The predicted molar refractivity (Wildman–Crippen MR) is 55.8 cm³/mol. The lowest BCUT2D eigenvalue weighted by molar-refractivity contribution is -0.140. The van der Waals surface area contributed by atoms with Crippen molar-refractivity contribution in [1.82, 2.24) is 0 Å². The van der Waals surface area contributed by atoms with Crippen molar-refractivity contribution in [2.75, 3.05) is 6.61 Å². The topological polar surface area (TPSA) is 52.6 Å². The molecule has 1 aliphatic rings. The second kappa shape index (κ2) is 4.35. The highest BCUT2D eigenvalue weighted by molar-refractivity contribution is 5.89. The minimum absolute atomic E-state index is 0.151. The van der Waals surface area contributed by atoms with Crippen LogP contribution in [0.15, 0.2) is 30.3 Å². The monoisotopic (exact) mass is 220 g/mol. The van der Waals surface area contributed by atoms with Gasteiger partial charge in [-0.1, -0.05) is 18.2 Å². The summed E-state index contributed by atoms with van der Waals surface area (Å²) in [6, 6.07) is 8.68. The standard InChI is InChI=1S/C12H12O4/c1-8-10(7-15-11(8)13)16-12(14)9-5-3-2-4-6-9/h2-6,8,10H,7H2,1H3/t8-,10-/m1/s1. The molecule has 2 atom stereocenters. The molecule has 1 aliphatic heterocycles. The molecule has 16 heavy (non-hydrogen) atoms. The summed E-state index contributed by atoms with van der Waals surface area (Å²) in [7, 11) is 0. The maximum atomic E-state index is 11.7. The molecule has 1 heterocycles. The first-order valence-electron chi connectivity index (χ1n) is 5.11. The van der Waals surface area contributed by atoms with Crippen LogP contribution in [0.4, 0.5) is 0 Å². The molecule has 0 aliphatic carbocycles. The third kappa shape index (κ3) is 2.05. The predicted octanol–water partition coefficient (Wildman–Crippen LogP) is 1.40. The van der Waals surface area contributed by atoms with Gasteiger partial charge >= 0.3 is 11.9 Å². The van der Waals surface area contributed by atoms with E-state index in [0.29, 0.717) is 5.56 Å². The number of carbonyl (C=O) groups is 2. The molecule has 0 spiro atoms. The largest absolute Gasteiger partial charge is 0.461 e. The fourth-order valence-corrected chi connectivity index (χ4v) is 1.51. The maximum Gasteiger partial charge on any atom is 0.338 e. The van der Waals surface area contributed by atoms with Crippen molar-refractivity contribution in [3.8, 4) is 0 Å². The van der Waals surface area contributed by atoms with Crippen molar-refractivity contribution >= 4 is 11.9 Å². The summed E-state index contributed by atoms with van der Waals surface area (Å²) >= 11 is 0. The molecule has 84 valence electrons. The summed E-state index contributed by atoms with van der Waals surface area (Å²) in [5, 5.41) is 0. The lowest BCUT2D eigenvalue weighted by atomic mass is 10.1. The van der Waals surface area contributed by atoms with E-state index in [1.165, 1.54) is 0 Å². The van der Waals surface area contributed by atoms with Gasteiger partial charge in [0.25, 0.3) is 0 Å². The molecule has 4 heteroatoms. The molecular formula is C12H12O4. The number of benzene rings is 1. The number of esters is 2. The van der Waals surface area contributed by atoms with Crippen molar-refractivity contribution in [3.63, 3.8) is 0 Å². The molecule has 0 amide bonds. The minimum Gasteiger partial charge on any atom is -0.461 e. The average Bonchev–Trinajstić information content (AvgIpc) is 2.62. The number of carbonyl (C=O) groups excluding carboxylic acids is 2. The van der Waals surface area contributed by atoms with E-state index in [2.05, 4.69) is 0 Å². The number of cyclic esters (lactones) is 1. The quantitative estimate of drug-likeness (QED) is 0.707. The number of hydrogen-bond donors (Lipinski definition) is 0. The average molecular weight is 220 g/mol. The van der Waals surface area contributed by atoms with Gasteiger partial charge in [0.1, 0.15) is 12.7 Å². The number of rotatable bonds is 2. The molecule has 0 bridgehead atoms. The Balaban J connectivity index is 2.01. The molecule has 2 rings (SSSR count). The molecule has 1 aromatic carbocycles. The van der Waals surface area contributed by atoms with Crippen LogP contribution in [0.5, 0.6) is 0 Å². The Morgan fingerprint density at radius 3 is 2.62 bits per heavy atom. The fraction of sp³-hybridized carbons (Fsp3) is 0.333. The fourth-order valence-electron chi connectivity index (χ4n) is 1.51. The first-order valence-corrected chi connectivity index (χ1v) is 5.11. The van der Waals surface area contributed by atoms with E-state index in [4.69, 9.17) is 9.47 Å². The third-order valence-corrected chi connectivity index (χ3v) is 2.59. The van der Waals surface area contributed by atoms with Crippen molar-refractivity contribution in [3.05, 3.63) is 35.9 Å². The molecule has 0 N–H and O–H groups in total. The van der Waals surface area contributed by atoms with E-state index in [0.717, 1.165) is 0 Å². The summed E-state index contributed by atoms with van der Waals surface area (Å²) in [5.74, 6) is -1.12. The number of ether oxygens (including phenoxy) is 2. The van der Waals surface area contributed by atoms with Crippen LogP contribution >= 0.6 is 0 Å². The van der Waals surface area contributed by atoms with Crippen LogP contribution in [0.3, 0.4) is 0 Å². The second-order valence-corrected chi connectivity index (χ2v) is 3.73. The first kappa shape index (κ1) is 10.7.